The standard InChI is InChI=1S/C26H32N4O2S2/c1-6-13-27-19(31)15-29-20(32)16-34-24(23-17(2)12-14-33-23)21-22(18-10-8-7-9-11-18)28-30(25(21)29)26(3,4)5/h7-12,14,24H,6,13,15-16H2,1-5H3,(H,27,31). The number of benzene rings is 1. The Morgan fingerprint density at radius 1 is 1.21 bits per heavy atom. The Bertz CT molecular complexity index is 1180. The highest BCUT2D eigenvalue weighted by Gasteiger charge is 2.40. The fraction of sp³-hybridized carbons (Fsp3) is 0.423. The zero-order valence-electron chi connectivity index (χ0n) is 20.4. The second kappa shape index (κ2) is 9.96. The summed E-state index contributed by atoms with van der Waals surface area (Å²) in [4.78, 5) is 29.2. The van der Waals surface area contributed by atoms with Gasteiger partial charge in [0.05, 0.1) is 22.2 Å². The minimum absolute atomic E-state index is 0.0153. The van der Waals surface area contributed by atoms with Gasteiger partial charge in [0.25, 0.3) is 0 Å². The van der Waals surface area contributed by atoms with Crippen molar-refractivity contribution in [1.29, 1.82) is 0 Å². The first-order chi connectivity index (χ1) is 16.2. The van der Waals surface area contributed by atoms with E-state index in [0.29, 0.717) is 12.3 Å². The number of nitrogens with one attached hydrogen (secondary N) is 1. The third-order valence-electron chi connectivity index (χ3n) is 5.79. The van der Waals surface area contributed by atoms with Gasteiger partial charge in [0.1, 0.15) is 12.4 Å². The van der Waals surface area contributed by atoms with Crippen molar-refractivity contribution in [3.63, 3.8) is 0 Å². The molecule has 0 saturated heterocycles. The minimum atomic E-state index is -0.389. The number of fused-ring (bicyclic) bond motifs is 1. The lowest BCUT2D eigenvalue weighted by Gasteiger charge is -2.28. The summed E-state index contributed by atoms with van der Waals surface area (Å²) < 4.78 is 1.94. The Kier molecular flexibility index (Phi) is 7.19. The van der Waals surface area contributed by atoms with E-state index in [1.807, 2.05) is 29.8 Å². The number of carbonyl (C=O) groups is 2. The van der Waals surface area contributed by atoms with Gasteiger partial charge in [0, 0.05) is 22.5 Å². The fourth-order valence-corrected chi connectivity index (χ4v) is 6.59. The van der Waals surface area contributed by atoms with Gasteiger partial charge in [-0.15, -0.1) is 23.1 Å². The van der Waals surface area contributed by atoms with E-state index in [1.165, 1.54) is 10.4 Å². The molecule has 1 aromatic carbocycles. The Hall–Kier alpha value is -2.58. The molecular formula is C26H32N4O2S2. The number of hydrogen-bond acceptors (Lipinski definition) is 5. The number of nitrogens with zero attached hydrogens (tertiary/aromatic N) is 3. The molecule has 2 aromatic heterocycles. The van der Waals surface area contributed by atoms with Crippen molar-refractivity contribution < 1.29 is 9.59 Å². The number of thioether (sulfide) groups is 1. The van der Waals surface area contributed by atoms with Gasteiger partial charge in [-0.3, -0.25) is 14.5 Å². The van der Waals surface area contributed by atoms with Crippen LogP contribution in [0.3, 0.4) is 0 Å². The molecule has 6 nitrogen and oxygen atoms in total. The Balaban J connectivity index is 1.98. The van der Waals surface area contributed by atoms with E-state index in [-0.39, 0.29) is 29.1 Å². The molecule has 0 aliphatic carbocycles. The van der Waals surface area contributed by atoms with Crippen molar-refractivity contribution >= 4 is 40.7 Å². The summed E-state index contributed by atoms with van der Waals surface area (Å²) in [6.45, 7) is 11.0. The Labute approximate surface area is 209 Å². The van der Waals surface area contributed by atoms with E-state index in [9.17, 15) is 9.59 Å². The summed E-state index contributed by atoms with van der Waals surface area (Å²) in [5.74, 6) is 0.807. The number of amides is 2. The van der Waals surface area contributed by atoms with Crippen LogP contribution in [0, 0.1) is 6.92 Å². The number of aryl methyl sites for hydroxylation is 1. The summed E-state index contributed by atoms with van der Waals surface area (Å²) in [5.41, 5.74) is 3.69. The highest BCUT2D eigenvalue weighted by Crippen LogP contribution is 2.50. The molecule has 1 aliphatic rings. The molecule has 1 atom stereocenters. The van der Waals surface area contributed by atoms with Crippen LogP contribution in [-0.4, -0.2) is 40.4 Å². The predicted octanol–water partition coefficient (Wildman–Crippen LogP) is 5.37. The molecule has 1 unspecified atom stereocenters. The first-order valence-corrected chi connectivity index (χ1v) is 13.6. The average molecular weight is 497 g/mol. The zero-order valence-corrected chi connectivity index (χ0v) is 22.1. The fourth-order valence-electron chi connectivity index (χ4n) is 4.12. The van der Waals surface area contributed by atoms with Crippen LogP contribution in [0.5, 0.6) is 0 Å². The van der Waals surface area contributed by atoms with Gasteiger partial charge in [0.2, 0.25) is 11.8 Å². The maximum atomic E-state index is 13.5. The van der Waals surface area contributed by atoms with Crippen LogP contribution >= 0.6 is 23.1 Å². The van der Waals surface area contributed by atoms with Crippen molar-refractivity contribution in [1.82, 2.24) is 15.1 Å². The van der Waals surface area contributed by atoms with E-state index in [2.05, 4.69) is 56.6 Å². The van der Waals surface area contributed by atoms with Crippen LogP contribution in [0.15, 0.2) is 41.8 Å². The second-order valence-corrected chi connectivity index (χ2v) is 11.6. The van der Waals surface area contributed by atoms with Crippen molar-refractivity contribution in [3.8, 4) is 11.3 Å². The zero-order chi connectivity index (χ0) is 24.5. The van der Waals surface area contributed by atoms with Gasteiger partial charge in [-0.05, 0) is 51.1 Å². The second-order valence-electron chi connectivity index (χ2n) is 9.52. The summed E-state index contributed by atoms with van der Waals surface area (Å²) in [6, 6.07) is 12.3. The molecule has 0 bridgehead atoms. The highest BCUT2D eigenvalue weighted by atomic mass is 32.2. The molecule has 4 rings (SSSR count). The molecule has 34 heavy (non-hydrogen) atoms. The summed E-state index contributed by atoms with van der Waals surface area (Å²) >= 11 is 3.33. The number of rotatable bonds is 6. The molecular weight excluding hydrogens is 464 g/mol. The van der Waals surface area contributed by atoms with Crippen molar-refractivity contribution in [2.24, 2.45) is 0 Å². The highest BCUT2D eigenvalue weighted by molar-refractivity contribution is 8.00. The third kappa shape index (κ3) is 4.79. The van der Waals surface area contributed by atoms with Crippen molar-refractivity contribution in [3.05, 3.63) is 57.8 Å². The van der Waals surface area contributed by atoms with Gasteiger partial charge >= 0.3 is 0 Å². The molecule has 3 aromatic rings. The van der Waals surface area contributed by atoms with E-state index >= 15 is 0 Å². The van der Waals surface area contributed by atoms with Gasteiger partial charge in [-0.25, -0.2) is 4.68 Å². The van der Waals surface area contributed by atoms with Gasteiger partial charge < -0.3 is 5.32 Å². The number of thiophene rings is 1. The van der Waals surface area contributed by atoms with E-state index in [4.69, 9.17) is 5.10 Å². The predicted molar refractivity (Wildman–Crippen MR) is 142 cm³/mol. The van der Waals surface area contributed by atoms with Gasteiger partial charge in [0.15, 0.2) is 0 Å². The molecule has 0 spiro atoms. The van der Waals surface area contributed by atoms with Crippen LogP contribution in [0.4, 0.5) is 5.82 Å². The van der Waals surface area contributed by atoms with Crippen LogP contribution in [0.2, 0.25) is 0 Å². The lowest BCUT2D eigenvalue weighted by molar-refractivity contribution is -0.122. The van der Waals surface area contributed by atoms with Crippen molar-refractivity contribution in [2.75, 3.05) is 23.7 Å². The first-order valence-electron chi connectivity index (χ1n) is 11.6. The molecule has 0 radical (unpaired) electrons. The maximum absolute atomic E-state index is 13.5. The number of carbonyl (C=O) groups excluding carboxylic acids is 2. The van der Waals surface area contributed by atoms with E-state index < -0.39 is 0 Å². The first kappa shape index (κ1) is 24.5. The number of hydrogen-bond donors (Lipinski definition) is 1. The van der Waals surface area contributed by atoms with Crippen LogP contribution < -0.4 is 10.2 Å². The molecule has 8 heteroatoms. The van der Waals surface area contributed by atoms with Gasteiger partial charge in [-0.2, -0.15) is 5.10 Å². The quantitative estimate of drug-likeness (QED) is 0.498. The molecule has 180 valence electrons. The monoisotopic (exact) mass is 496 g/mol. The normalized spacial score (nSPS) is 16.3. The Morgan fingerprint density at radius 2 is 1.94 bits per heavy atom. The lowest BCUT2D eigenvalue weighted by Crippen LogP contribution is -2.43. The number of aromatic nitrogens is 2. The SMILES string of the molecule is CCCNC(=O)CN1C(=O)CSC(c2sccc2C)c2c(-c3ccccc3)nn(C(C)(C)C)c21. The summed E-state index contributed by atoms with van der Waals surface area (Å²) in [5, 5.41) is 10.1. The van der Waals surface area contributed by atoms with E-state index in [1.54, 1.807) is 28.0 Å². The van der Waals surface area contributed by atoms with Crippen LogP contribution in [0.25, 0.3) is 11.3 Å². The van der Waals surface area contributed by atoms with Crippen LogP contribution in [-0.2, 0) is 15.1 Å². The van der Waals surface area contributed by atoms with Gasteiger partial charge in [-0.1, -0.05) is 37.3 Å². The largest absolute Gasteiger partial charge is 0.355 e. The topological polar surface area (TPSA) is 67.2 Å². The summed E-state index contributed by atoms with van der Waals surface area (Å²) in [6.07, 6.45) is 0.846. The minimum Gasteiger partial charge on any atom is -0.355 e. The summed E-state index contributed by atoms with van der Waals surface area (Å²) in [7, 11) is 0. The van der Waals surface area contributed by atoms with Crippen molar-refractivity contribution in [2.45, 2.75) is 51.8 Å². The molecule has 1 aliphatic heterocycles. The molecule has 0 saturated carbocycles. The molecule has 3 heterocycles. The van der Waals surface area contributed by atoms with Crippen LogP contribution in [0.1, 0.15) is 55.4 Å². The lowest BCUT2D eigenvalue weighted by atomic mass is 10.0. The van der Waals surface area contributed by atoms with E-state index in [0.717, 1.165) is 29.1 Å². The molecule has 0 fully saturated rings. The number of anilines is 1. The average Bonchev–Trinajstić information content (AvgIpc) is 3.38. The molecule has 1 N–H and O–H groups in total. The maximum Gasteiger partial charge on any atom is 0.240 e. The Morgan fingerprint density at radius 3 is 2.56 bits per heavy atom. The molecule has 2 amide bonds. The smallest absolute Gasteiger partial charge is 0.240 e. The third-order valence-corrected chi connectivity index (χ3v) is 8.24.